The summed E-state index contributed by atoms with van der Waals surface area (Å²) in [5.74, 6) is -0.249. The summed E-state index contributed by atoms with van der Waals surface area (Å²) in [4.78, 5) is 28.8. The zero-order valence-electron chi connectivity index (χ0n) is 18.4. The van der Waals surface area contributed by atoms with Crippen molar-refractivity contribution >= 4 is 23.4 Å². The first-order valence-electron chi connectivity index (χ1n) is 10.3. The number of benzene rings is 2. The van der Waals surface area contributed by atoms with E-state index in [2.05, 4.69) is 16.3 Å². The van der Waals surface area contributed by atoms with E-state index >= 15 is 0 Å². The Bertz CT molecular complexity index is 1010. The molecule has 7 nitrogen and oxygen atoms in total. The molecule has 7 heteroatoms. The molecule has 31 heavy (non-hydrogen) atoms. The number of carbonyl (C=O) groups excluding carboxylic acids is 2. The average Bonchev–Trinajstić information content (AvgIpc) is 2.72. The van der Waals surface area contributed by atoms with Crippen molar-refractivity contribution in [2.45, 2.75) is 33.3 Å². The first-order chi connectivity index (χ1) is 14.7. The van der Waals surface area contributed by atoms with Gasteiger partial charge in [0.2, 0.25) is 0 Å². The topological polar surface area (TPSA) is 85.7 Å². The lowest BCUT2D eigenvalue weighted by Crippen LogP contribution is -2.50. The summed E-state index contributed by atoms with van der Waals surface area (Å²) in [5, 5.41) is 12.7. The minimum absolute atomic E-state index is 0.249. The summed E-state index contributed by atoms with van der Waals surface area (Å²) in [6.07, 6.45) is -0.327. The molecular formula is C24H28N4O3. The summed E-state index contributed by atoms with van der Waals surface area (Å²) in [7, 11) is 0. The maximum absolute atomic E-state index is 12.7. The maximum atomic E-state index is 12.7. The third-order valence-electron chi connectivity index (χ3n) is 5.06. The number of hydrogen-bond donors (Lipinski definition) is 1. The number of nitrogens with zero attached hydrogens (tertiary/aromatic N) is 3. The number of anilines is 2. The predicted molar refractivity (Wildman–Crippen MR) is 120 cm³/mol. The number of piperazine rings is 1. The standard InChI is InChI=1S/C24H28N4O3/c1-17-8-5-6-9-18(17)22(29)26-20-10-7-11-21(19(20)16-25)27-12-14-28(15-13-27)23(30)31-24(2,3)4/h5-11H,12-15H2,1-4H3,(H,26,29). The molecule has 1 aliphatic heterocycles. The number of ether oxygens (including phenoxy) is 1. The van der Waals surface area contributed by atoms with E-state index in [0.717, 1.165) is 11.3 Å². The van der Waals surface area contributed by atoms with Gasteiger partial charge in [0.15, 0.2) is 0 Å². The first-order valence-corrected chi connectivity index (χ1v) is 10.3. The molecule has 0 radical (unpaired) electrons. The SMILES string of the molecule is Cc1ccccc1C(=O)Nc1cccc(N2CCN(C(=O)OC(C)(C)C)CC2)c1C#N. The van der Waals surface area contributed by atoms with Crippen molar-refractivity contribution in [3.63, 3.8) is 0 Å². The van der Waals surface area contributed by atoms with Gasteiger partial charge in [-0.05, 0) is 51.5 Å². The summed E-state index contributed by atoms with van der Waals surface area (Å²) in [5.41, 5.74) is 2.54. The van der Waals surface area contributed by atoms with Gasteiger partial charge in [0, 0.05) is 31.7 Å². The van der Waals surface area contributed by atoms with Gasteiger partial charge in [0.05, 0.1) is 16.9 Å². The highest BCUT2D eigenvalue weighted by molar-refractivity contribution is 6.06. The number of nitriles is 1. The summed E-state index contributed by atoms with van der Waals surface area (Å²) < 4.78 is 5.45. The van der Waals surface area contributed by atoms with Gasteiger partial charge in [0.1, 0.15) is 11.7 Å². The minimum atomic E-state index is -0.536. The number of hydrogen-bond acceptors (Lipinski definition) is 5. The van der Waals surface area contributed by atoms with Crippen molar-refractivity contribution in [2.24, 2.45) is 0 Å². The van der Waals surface area contributed by atoms with Gasteiger partial charge in [-0.25, -0.2) is 4.79 Å². The van der Waals surface area contributed by atoms with Crippen molar-refractivity contribution < 1.29 is 14.3 Å². The van der Waals surface area contributed by atoms with E-state index in [0.29, 0.717) is 43.0 Å². The van der Waals surface area contributed by atoms with E-state index in [-0.39, 0.29) is 12.0 Å². The second-order valence-electron chi connectivity index (χ2n) is 8.53. The van der Waals surface area contributed by atoms with Gasteiger partial charge in [-0.15, -0.1) is 0 Å². The van der Waals surface area contributed by atoms with Crippen LogP contribution in [0.5, 0.6) is 0 Å². The van der Waals surface area contributed by atoms with Crippen LogP contribution in [-0.2, 0) is 4.74 Å². The minimum Gasteiger partial charge on any atom is -0.444 e. The lowest BCUT2D eigenvalue weighted by Gasteiger charge is -2.37. The third-order valence-corrected chi connectivity index (χ3v) is 5.06. The average molecular weight is 421 g/mol. The van der Waals surface area contributed by atoms with Gasteiger partial charge in [-0.3, -0.25) is 4.79 Å². The van der Waals surface area contributed by atoms with E-state index < -0.39 is 5.60 Å². The van der Waals surface area contributed by atoms with Crippen molar-refractivity contribution in [3.8, 4) is 6.07 Å². The molecule has 1 N–H and O–H groups in total. The quantitative estimate of drug-likeness (QED) is 0.805. The second-order valence-corrected chi connectivity index (χ2v) is 8.53. The maximum Gasteiger partial charge on any atom is 0.410 e. The van der Waals surface area contributed by atoms with Crippen molar-refractivity contribution in [1.82, 2.24) is 4.90 Å². The van der Waals surface area contributed by atoms with Crippen LogP contribution in [0.2, 0.25) is 0 Å². The Morgan fingerprint density at radius 3 is 2.32 bits per heavy atom. The molecule has 1 saturated heterocycles. The van der Waals surface area contributed by atoms with Crippen LogP contribution in [0.4, 0.5) is 16.2 Å². The Balaban J connectivity index is 1.74. The molecule has 0 aromatic heterocycles. The molecule has 0 unspecified atom stereocenters. The van der Waals surface area contributed by atoms with Crippen molar-refractivity contribution in [3.05, 3.63) is 59.2 Å². The molecule has 0 atom stereocenters. The summed E-state index contributed by atoms with van der Waals surface area (Å²) >= 11 is 0. The van der Waals surface area contributed by atoms with Gasteiger partial charge in [-0.2, -0.15) is 5.26 Å². The van der Waals surface area contributed by atoms with Gasteiger partial charge < -0.3 is 19.9 Å². The molecular weight excluding hydrogens is 392 g/mol. The zero-order valence-corrected chi connectivity index (χ0v) is 18.4. The van der Waals surface area contributed by atoms with Crippen LogP contribution in [0.1, 0.15) is 42.3 Å². The summed E-state index contributed by atoms with van der Waals surface area (Å²) in [6, 6.07) is 15.0. The molecule has 162 valence electrons. The fourth-order valence-corrected chi connectivity index (χ4v) is 3.50. The molecule has 3 rings (SSSR count). The second kappa shape index (κ2) is 9.09. The largest absolute Gasteiger partial charge is 0.444 e. The Morgan fingerprint density at radius 2 is 1.71 bits per heavy atom. The van der Waals surface area contributed by atoms with Crippen LogP contribution in [0.15, 0.2) is 42.5 Å². The van der Waals surface area contributed by atoms with Crippen LogP contribution in [0, 0.1) is 18.3 Å². The Morgan fingerprint density at radius 1 is 1.03 bits per heavy atom. The molecule has 1 aliphatic rings. The Hall–Kier alpha value is -3.53. The van der Waals surface area contributed by atoms with Gasteiger partial charge >= 0.3 is 6.09 Å². The fraction of sp³-hybridized carbons (Fsp3) is 0.375. The van der Waals surface area contributed by atoms with Crippen LogP contribution < -0.4 is 10.2 Å². The Kier molecular flexibility index (Phi) is 6.50. The number of rotatable bonds is 3. The highest BCUT2D eigenvalue weighted by Crippen LogP contribution is 2.28. The number of aryl methyl sites for hydroxylation is 1. The monoisotopic (exact) mass is 420 g/mol. The zero-order chi connectivity index (χ0) is 22.6. The van der Waals surface area contributed by atoms with Crippen LogP contribution in [-0.4, -0.2) is 48.7 Å². The third kappa shape index (κ3) is 5.34. The number of nitrogens with one attached hydrogen (secondary N) is 1. The normalized spacial score (nSPS) is 14.0. The fourth-order valence-electron chi connectivity index (χ4n) is 3.50. The van der Waals surface area contributed by atoms with E-state index in [9.17, 15) is 14.9 Å². The molecule has 1 fully saturated rings. The molecule has 2 amide bonds. The molecule has 1 heterocycles. The van der Waals surface area contributed by atoms with E-state index in [1.807, 2.05) is 58.0 Å². The number of carbonyl (C=O) groups is 2. The highest BCUT2D eigenvalue weighted by atomic mass is 16.6. The van der Waals surface area contributed by atoms with Crippen molar-refractivity contribution in [2.75, 3.05) is 36.4 Å². The molecule has 0 aliphatic carbocycles. The molecule has 0 bridgehead atoms. The predicted octanol–water partition coefficient (Wildman–Crippen LogP) is 4.18. The van der Waals surface area contributed by atoms with Crippen LogP contribution in [0.3, 0.4) is 0 Å². The van der Waals surface area contributed by atoms with E-state index in [4.69, 9.17) is 4.74 Å². The molecule has 2 aromatic carbocycles. The van der Waals surface area contributed by atoms with Gasteiger partial charge in [0.25, 0.3) is 5.91 Å². The molecule has 0 spiro atoms. The van der Waals surface area contributed by atoms with Crippen LogP contribution in [0.25, 0.3) is 0 Å². The first kappa shape index (κ1) is 22.2. The van der Waals surface area contributed by atoms with Gasteiger partial charge in [-0.1, -0.05) is 24.3 Å². The summed E-state index contributed by atoms with van der Waals surface area (Å²) in [6.45, 7) is 9.55. The van der Waals surface area contributed by atoms with Crippen molar-refractivity contribution in [1.29, 1.82) is 5.26 Å². The van der Waals surface area contributed by atoms with E-state index in [1.165, 1.54) is 0 Å². The van der Waals surface area contributed by atoms with Crippen LogP contribution >= 0.6 is 0 Å². The number of amides is 2. The lowest BCUT2D eigenvalue weighted by molar-refractivity contribution is 0.0240. The lowest BCUT2D eigenvalue weighted by atomic mass is 10.1. The molecule has 2 aromatic rings. The van der Waals surface area contributed by atoms with E-state index in [1.54, 1.807) is 17.0 Å². The highest BCUT2D eigenvalue weighted by Gasteiger charge is 2.27. The molecule has 0 saturated carbocycles. The Labute approximate surface area is 183 Å². The smallest absolute Gasteiger partial charge is 0.410 e.